The minimum Gasteiger partial charge on any atom is -0.330 e. The fraction of sp³-hybridized carbons (Fsp3) is 1.00. The third-order valence-corrected chi connectivity index (χ3v) is 3.34. The number of hydrogen-bond donors (Lipinski definition) is 1. The monoisotopic (exact) mass is 185 g/mol. The molecular weight excluding hydrogens is 160 g/mol. The summed E-state index contributed by atoms with van der Waals surface area (Å²) in [7, 11) is 0. The molecule has 0 aromatic rings. The zero-order chi connectivity index (χ0) is 9.57. The van der Waals surface area contributed by atoms with Crippen LogP contribution < -0.4 is 5.73 Å². The summed E-state index contributed by atoms with van der Waals surface area (Å²) in [6.45, 7) is 8.72. The van der Waals surface area contributed by atoms with Crippen LogP contribution in [-0.4, -0.2) is 37.2 Å². The molecule has 2 nitrogen and oxygen atoms in total. The molecule has 1 saturated heterocycles. The quantitative estimate of drug-likeness (QED) is 0.627. The second kappa shape index (κ2) is 5.61. The number of nitrogens with two attached hydrogens (primary N) is 1. The molecule has 0 bridgehead atoms. The molecule has 78 valence electrons. The van der Waals surface area contributed by atoms with Crippen molar-refractivity contribution in [1.29, 1.82) is 0 Å². The number of likely N-dealkylation sites (tertiary alicyclic amines) is 1. The lowest BCUT2D eigenvalue weighted by Crippen LogP contribution is -2.47. The largest absolute Gasteiger partial charge is 0.330 e. The van der Waals surface area contributed by atoms with Crippen LogP contribution in [0, 0.1) is 0 Å². The van der Waals surface area contributed by atoms with Crippen LogP contribution in [0.25, 0.3) is 0 Å². The van der Waals surface area contributed by atoms with Crippen LogP contribution in [0.2, 0.25) is 0 Å². The standard InChI is InChI=1S/C11H25N2/c1-2-3-8-13(11-6-7-12)9-4-5-10-13/h2-12H2,1H3/q+1. The van der Waals surface area contributed by atoms with Crippen molar-refractivity contribution in [2.24, 2.45) is 5.73 Å². The summed E-state index contributed by atoms with van der Waals surface area (Å²) >= 11 is 0. The highest BCUT2D eigenvalue weighted by Crippen LogP contribution is 2.20. The number of hydrogen-bond acceptors (Lipinski definition) is 1. The van der Waals surface area contributed by atoms with Gasteiger partial charge in [0, 0.05) is 19.3 Å². The van der Waals surface area contributed by atoms with Gasteiger partial charge in [0.2, 0.25) is 0 Å². The van der Waals surface area contributed by atoms with E-state index in [0.717, 1.165) is 6.54 Å². The molecule has 0 amide bonds. The van der Waals surface area contributed by atoms with Gasteiger partial charge in [-0.05, 0) is 13.0 Å². The van der Waals surface area contributed by atoms with E-state index in [-0.39, 0.29) is 0 Å². The average Bonchev–Trinajstić information content (AvgIpc) is 2.61. The van der Waals surface area contributed by atoms with Crippen LogP contribution in [0.15, 0.2) is 0 Å². The van der Waals surface area contributed by atoms with Crippen molar-refractivity contribution in [3.63, 3.8) is 0 Å². The van der Waals surface area contributed by atoms with E-state index in [2.05, 4.69) is 6.92 Å². The first-order chi connectivity index (χ1) is 6.33. The highest BCUT2D eigenvalue weighted by Gasteiger charge is 2.30. The van der Waals surface area contributed by atoms with Crippen molar-refractivity contribution in [2.45, 2.75) is 39.0 Å². The minimum atomic E-state index is 0.867. The third kappa shape index (κ3) is 3.28. The molecule has 1 fully saturated rings. The van der Waals surface area contributed by atoms with Gasteiger partial charge in [-0.1, -0.05) is 13.3 Å². The second-order valence-electron chi connectivity index (χ2n) is 4.44. The van der Waals surface area contributed by atoms with Crippen LogP contribution in [0.4, 0.5) is 0 Å². The zero-order valence-electron chi connectivity index (χ0n) is 9.10. The van der Waals surface area contributed by atoms with Gasteiger partial charge in [-0.15, -0.1) is 0 Å². The van der Waals surface area contributed by atoms with Gasteiger partial charge in [-0.2, -0.15) is 0 Å². The summed E-state index contributed by atoms with van der Waals surface area (Å²) < 4.78 is 1.38. The highest BCUT2D eigenvalue weighted by molar-refractivity contribution is 4.56. The molecule has 1 heterocycles. The Balaban J connectivity index is 2.33. The van der Waals surface area contributed by atoms with Gasteiger partial charge < -0.3 is 10.2 Å². The molecular formula is C11H25N2+. The summed E-state index contributed by atoms with van der Waals surface area (Å²) in [5.74, 6) is 0. The lowest BCUT2D eigenvalue weighted by Gasteiger charge is -2.34. The van der Waals surface area contributed by atoms with E-state index in [1.165, 1.54) is 62.8 Å². The normalized spacial score (nSPS) is 20.8. The van der Waals surface area contributed by atoms with Gasteiger partial charge in [0.1, 0.15) is 0 Å². The molecule has 1 aliphatic rings. The van der Waals surface area contributed by atoms with E-state index >= 15 is 0 Å². The summed E-state index contributed by atoms with van der Waals surface area (Å²) in [5.41, 5.74) is 5.58. The molecule has 0 unspecified atom stereocenters. The number of nitrogens with zero attached hydrogens (tertiary/aromatic N) is 1. The molecule has 1 rings (SSSR count). The summed E-state index contributed by atoms with van der Waals surface area (Å²) in [5, 5.41) is 0. The van der Waals surface area contributed by atoms with Gasteiger partial charge in [-0.25, -0.2) is 0 Å². The number of rotatable bonds is 6. The lowest BCUT2D eigenvalue weighted by molar-refractivity contribution is -0.917. The fourth-order valence-electron chi connectivity index (χ4n) is 2.49. The van der Waals surface area contributed by atoms with Crippen molar-refractivity contribution >= 4 is 0 Å². The maximum atomic E-state index is 5.58. The lowest BCUT2D eigenvalue weighted by atomic mass is 10.2. The molecule has 0 atom stereocenters. The first kappa shape index (κ1) is 11.0. The second-order valence-corrected chi connectivity index (χ2v) is 4.44. The van der Waals surface area contributed by atoms with Gasteiger partial charge in [0.25, 0.3) is 0 Å². The van der Waals surface area contributed by atoms with Crippen molar-refractivity contribution in [3.8, 4) is 0 Å². The SMILES string of the molecule is CCCC[N+]1(CCCN)CCCC1. The minimum absolute atomic E-state index is 0.867. The van der Waals surface area contributed by atoms with E-state index in [1.807, 2.05) is 0 Å². The Morgan fingerprint density at radius 2 is 1.69 bits per heavy atom. The van der Waals surface area contributed by atoms with E-state index in [1.54, 1.807) is 0 Å². The first-order valence-electron chi connectivity index (χ1n) is 5.88. The van der Waals surface area contributed by atoms with Crippen LogP contribution in [-0.2, 0) is 0 Å². The molecule has 0 saturated carbocycles. The molecule has 0 spiro atoms. The van der Waals surface area contributed by atoms with Gasteiger partial charge in [-0.3, -0.25) is 0 Å². The maximum Gasteiger partial charge on any atom is 0.0798 e. The Morgan fingerprint density at radius 3 is 2.23 bits per heavy atom. The third-order valence-electron chi connectivity index (χ3n) is 3.34. The molecule has 1 aliphatic heterocycles. The summed E-state index contributed by atoms with van der Waals surface area (Å²) in [6.07, 6.45) is 6.82. The first-order valence-corrected chi connectivity index (χ1v) is 5.88. The fourth-order valence-corrected chi connectivity index (χ4v) is 2.49. The van der Waals surface area contributed by atoms with Crippen LogP contribution >= 0.6 is 0 Å². The predicted octanol–water partition coefficient (Wildman–Crippen LogP) is 1.75. The Labute approximate surface area is 82.7 Å². The Morgan fingerprint density at radius 1 is 1.08 bits per heavy atom. The van der Waals surface area contributed by atoms with E-state index in [4.69, 9.17) is 5.73 Å². The molecule has 2 N–H and O–H groups in total. The van der Waals surface area contributed by atoms with E-state index in [9.17, 15) is 0 Å². The van der Waals surface area contributed by atoms with Gasteiger partial charge >= 0.3 is 0 Å². The smallest absolute Gasteiger partial charge is 0.0798 e. The Kier molecular flexibility index (Phi) is 4.74. The molecule has 0 aromatic heterocycles. The molecule has 13 heavy (non-hydrogen) atoms. The van der Waals surface area contributed by atoms with Crippen molar-refractivity contribution in [3.05, 3.63) is 0 Å². The topological polar surface area (TPSA) is 26.0 Å². The van der Waals surface area contributed by atoms with E-state index in [0.29, 0.717) is 0 Å². The average molecular weight is 185 g/mol. The number of unbranched alkanes of at least 4 members (excludes halogenated alkanes) is 1. The van der Waals surface area contributed by atoms with Crippen LogP contribution in [0.1, 0.15) is 39.0 Å². The van der Waals surface area contributed by atoms with Crippen LogP contribution in [0.5, 0.6) is 0 Å². The highest BCUT2D eigenvalue weighted by atomic mass is 15.4. The summed E-state index contributed by atoms with van der Waals surface area (Å²) in [6, 6.07) is 0. The van der Waals surface area contributed by atoms with Crippen molar-refractivity contribution < 1.29 is 4.48 Å². The van der Waals surface area contributed by atoms with Gasteiger partial charge in [0.05, 0.1) is 26.2 Å². The summed E-state index contributed by atoms with van der Waals surface area (Å²) in [4.78, 5) is 0. The van der Waals surface area contributed by atoms with Crippen molar-refractivity contribution in [1.82, 2.24) is 0 Å². The van der Waals surface area contributed by atoms with Gasteiger partial charge in [0.15, 0.2) is 0 Å². The number of quaternary nitrogens is 1. The molecule has 0 radical (unpaired) electrons. The van der Waals surface area contributed by atoms with Crippen LogP contribution in [0.3, 0.4) is 0 Å². The molecule has 2 heteroatoms. The molecule has 0 aliphatic carbocycles. The zero-order valence-corrected chi connectivity index (χ0v) is 9.10. The predicted molar refractivity (Wildman–Crippen MR) is 57.5 cm³/mol. The maximum absolute atomic E-state index is 5.58. The van der Waals surface area contributed by atoms with E-state index < -0.39 is 0 Å². The molecule has 0 aromatic carbocycles. The van der Waals surface area contributed by atoms with Crippen molar-refractivity contribution in [2.75, 3.05) is 32.7 Å². The Bertz CT molecular complexity index is 118. The Hall–Kier alpha value is -0.0800.